The smallest absolute Gasteiger partial charge is 0.279 e. The van der Waals surface area contributed by atoms with Gasteiger partial charge in [0.2, 0.25) is 0 Å². The number of carbonyl (C=O) groups excluding carboxylic acids is 1. The summed E-state index contributed by atoms with van der Waals surface area (Å²) in [6.45, 7) is 2.59. The van der Waals surface area contributed by atoms with Crippen LogP contribution in [0.3, 0.4) is 0 Å². The number of aromatic nitrogens is 1. The Morgan fingerprint density at radius 2 is 2.00 bits per heavy atom. The van der Waals surface area contributed by atoms with Gasteiger partial charge in [-0.1, -0.05) is 11.3 Å². The zero-order valence-corrected chi connectivity index (χ0v) is 15.4. The Bertz CT molecular complexity index is 940. The highest BCUT2D eigenvalue weighted by molar-refractivity contribution is 7.98. The van der Waals surface area contributed by atoms with Crippen LogP contribution in [0.15, 0.2) is 52.4 Å². The van der Waals surface area contributed by atoms with Gasteiger partial charge in [0, 0.05) is 17.5 Å². The number of rotatable bonds is 4. The molecule has 0 unspecified atom stereocenters. The van der Waals surface area contributed by atoms with E-state index in [-0.39, 0.29) is 5.91 Å². The van der Waals surface area contributed by atoms with E-state index in [0.717, 1.165) is 20.9 Å². The molecule has 0 aliphatic rings. The third-order valence-electron chi connectivity index (χ3n) is 3.63. The van der Waals surface area contributed by atoms with Crippen molar-refractivity contribution in [1.82, 2.24) is 4.57 Å². The van der Waals surface area contributed by atoms with Crippen molar-refractivity contribution in [2.45, 2.75) is 11.8 Å². The van der Waals surface area contributed by atoms with Gasteiger partial charge in [-0.25, -0.2) is 0 Å². The zero-order chi connectivity index (χ0) is 17.1. The van der Waals surface area contributed by atoms with Gasteiger partial charge in [-0.05, 0) is 55.6 Å². The van der Waals surface area contributed by atoms with Gasteiger partial charge >= 0.3 is 0 Å². The van der Waals surface area contributed by atoms with E-state index in [0.29, 0.717) is 17.0 Å². The number of fused-ring (bicyclic) bond motifs is 1. The number of nitrogens with zero attached hydrogens (tertiary/aromatic N) is 2. The van der Waals surface area contributed by atoms with Crippen molar-refractivity contribution in [3.8, 4) is 5.75 Å². The maximum absolute atomic E-state index is 12.4. The van der Waals surface area contributed by atoms with Crippen LogP contribution in [0.4, 0.5) is 0 Å². The molecule has 3 rings (SSSR count). The Labute approximate surface area is 148 Å². The molecule has 0 fully saturated rings. The molecule has 6 heteroatoms. The fraction of sp³-hybridized carbons (Fsp3) is 0.222. The van der Waals surface area contributed by atoms with E-state index in [2.05, 4.69) is 4.99 Å². The van der Waals surface area contributed by atoms with Crippen LogP contribution < -0.4 is 9.54 Å². The van der Waals surface area contributed by atoms with Crippen LogP contribution in [-0.2, 0) is 7.05 Å². The zero-order valence-electron chi connectivity index (χ0n) is 13.8. The first-order valence-electron chi connectivity index (χ1n) is 7.58. The molecule has 2 aromatic carbocycles. The first-order valence-corrected chi connectivity index (χ1v) is 9.62. The lowest BCUT2D eigenvalue weighted by molar-refractivity contribution is 0.0998. The van der Waals surface area contributed by atoms with Crippen LogP contribution in [0.2, 0.25) is 0 Å². The second kappa shape index (κ2) is 7.23. The number of aryl methyl sites for hydroxylation is 1. The number of benzene rings is 2. The number of thioether (sulfide) groups is 1. The fourth-order valence-corrected chi connectivity index (χ4v) is 3.82. The minimum Gasteiger partial charge on any atom is -0.494 e. The Balaban J connectivity index is 1.99. The second-order valence-corrected chi connectivity index (χ2v) is 7.04. The van der Waals surface area contributed by atoms with E-state index >= 15 is 0 Å². The van der Waals surface area contributed by atoms with Gasteiger partial charge in [-0.3, -0.25) is 4.79 Å². The molecular formula is C18H18N2O2S2. The lowest BCUT2D eigenvalue weighted by atomic mass is 10.2. The molecule has 124 valence electrons. The summed E-state index contributed by atoms with van der Waals surface area (Å²) >= 11 is 3.13. The quantitative estimate of drug-likeness (QED) is 0.660. The van der Waals surface area contributed by atoms with Crippen LogP contribution in [0.1, 0.15) is 17.3 Å². The van der Waals surface area contributed by atoms with E-state index in [1.807, 2.05) is 67.3 Å². The number of ether oxygens (including phenoxy) is 1. The molecule has 0 radical (unpaired) electrons. The molecule has 0 spiro atoms. The maximum Gasteiger partial charge on any atom is 0.279 e. The lowest BCUT2D eigenvalue weighted by Gasteiger charge is -2.02. The Morgan fingerprint density at radius 3 is 2.67 bits per heavy atom. The molecular weight excluding hydrogens is 340 g/mol. The van der Waals surface area contributed by atoms with Gasteiger partial charge in [-0.2, -0.15) is 4.99 Å². The predicted octanol–water partition coefficient (Wildman–Crippen LogP) is 4.10. The molecule has 0 N–H and O–H groups in total. The third kappa shape index (κ3) is 3.39. The summed E-state index contributed by atoms with van der Waals surface area (Å²) in [4.78, 5) is 18.5. The van der Waals surface area contributed by atoms with Crippen LogP contribution in [0.5, 0.6) is 5.75 Å². The van der Waals surface area contributed by atoms with Gasteiger partial charge in [0.15, 0.2) is 4.80 Å². The Morgan fingerprint density at radius 1 is 1.25 bits per heavy atom. The minimum atomic E-state index is -0.227. The summed E-state index contributed by atoms with van der Waals surface area (Å²) in [7, 11) is 1.92. The van der Waals surface area contributed by atoms with E-state index in [1.54, 1.807) is 11.8 Å². The highest BCUT2D eigenvalue weighted by atomic mass is 32.2. The number of thiazole rings is 1. The van der Waals surface area contributed by atoms with Crippen molar-refractivity contribution in [3.63, 3.8) is 0 Å². The Hall–Kier alpha value is -2.05. The van der Waals surface area contributed by atoms with Gasteiger partial charge in [0.25, 0.3) is 5.91 Å². The van der Waals surface area contributed by atoms with Crippen molar-refractivity contribution in [1.29, 1.82) is 0 Å². The summed E-state index contributed by atoms with van der Waals surface area (Å²) in [5.74, 6) is 0.604. The monoisotopic (exact) mass is 358 g/mol. The Kier molecular flexibility index (Phi) is 5.06. The molecule has 0 bridgehead atoms. The largest absolute Gasteiger partial charge is 0.494 e. The van der Waals surface area contributed by atoms with Crippen molar-refractivity contribution in [3.05, 3.63) is 52.8 Å². The van der Waals surface area contributed by atoms with Crippen LogP contribution in [0.25, 0.3) is 10.2 Å². The van der Waals surface area contributed by atoms with E-state index in [4.69, 9.17) is 4.74 Å². The third-order valence-corrected chi connectivity index (χ3v) is 5.46. The molecule has 3 aromatic rings. The van der Waals surface area contributed by atoms with Crippen LogP contribution in [0, 0.1) is 0 Å². The number of hydrogen-bond acceptors (Lipinski definition) is 4. The van der Waals surface area contributed by atoms with E-state index in [9.17, 15) is 4.79 Å². The lowest BCUT2D eigenvalue weighted by Crippen LogP contribution is -2.13. The fourth-order valence-electron chi connectivity index (χ4n) is 2.36. The van der Waals surface area contributed by atoms with Gasteiger partial charge in [-0.15, -0.1) is 11.8 Å². The normalized spacial score (nSPS) is 11.9. The molecule has 0 saturated heterocycles. The highest BCUT2D eigenvalue weighted by Gasteiger charge is 2.08. The number of hydrogen-bond donors (Lipinski definition) is 0. The molecule has 0 aliphatic carbocycles. The topological polar surface area (TPSA) is 43.6 Å². The maximum atomic E-state index is 12.4. The average molecular weight is 358 g/mol. The molecule has 1 heterocycles. The highest BCUT2D eigenvalue weighted by Crippen LogP contribution is 2.23. The molecule has 1 amide bonds. The summed E-state index contributed by atoms with van der Waals surface area (Å²) in [6.07, 6.45) is 2.01. The first kappa shape index (κ1) is 16.8. The summed E-state index contributed by atoms with van der Waals surface area (Å²) in [5.41, 5.74) is 1.63. The molecule has 4 nitrogen and oxygen atoms in total. The van der Waals surface area contributed by atoms with Crippen molar-refractivity contribution in [2.24, 2.45) is 12.0 Å². The van der Waals surface area contributed by atoms with E-state index < -0.39 is 0 Å². The van der Waals surface area contributed by atoms with Crippen molar-refractivity contribution < 1.29 is 9.53 Å². The molecule has 0 aliphatic heterocycles. The minimum absolute atomic E-state index is 0.227. The molecule has 24 heavy (non-hydrogen) atoms. The first-order chi connectivity index (χ1) is 11.6. The van der Waals surface area contributed by atoms with E-state index in [1.165, 1.54) is 11.3 Å². The second-order valence-electron chi connectivity index (χ2n) is 5.15. The number of amides is 1. The SMILES string of the molecule is CCOc1ccc2c(c1)sc(=NC(=O)c1ccc(SC)cc1)n2C. The number of carbonyl (C=O) groups is 1. The van der Waals surface area contributed by atoms with Crippen molar-refractivity contribution in [2.75, 3.05) is 12.9 Å². The molecule has 0 saturated carbocycles. The molecule has 0 atom stereocenters. The van der Waals surface area contributed by atoms with Crippen molar-refractivity contribution >= 4 is 39.2 Å². The van der Waals surface area contributed by atoms with Crippen LogP contribution >= 0.6 is 23.1 Å². The average Bonchev–Trinajstić information content (AvgIpc) is 2.90. The van der Waals surface area contributed by atoms with Crippen LogP contribution in [-0.4, -0.2) is 23.3 Å². The summed E-state index contributed by atoms with van der Waals surface area (Å²) in [5, 5.41) is 0. The summed E-state index contributed by atoms with van der Waals surface area (Å²) in [6, 6.07) is 13.4. The van der Waals surface area contributed by atoms with Gasteiger partial charge in [0.1, 0.15) is 5.75 Å². The van der Waals surface area contributed by atoms with Gasteiger partial charge in [0.05, 0.1) is 16.8 Å². The standard InChI is InChI=1S/C18H18N2O2S2/c1-4-22-13-7-10-15-16(11-13)24-18(20(15)2)19-17(21)12-5-8-14(23-3)9-6-12/h5-11H,4H2,1-3H3. The predicted molar refractivity (Wildman–Crippen MR) is 100 cm³/mol. The molecule has 1 aromatic heterocycles. The van der Waals surface area contributed by atoms with Gasteiger partial charge < -0.3 is 9.30 Å². The summed E-state index contributed by atoms with van der Waals surface area (Å²) < 4.78 is 8.52.